The molecule has 17 heteroatoms. The summed E-state index contributed by atoms with van der Waals surface area (Å²) in [5, 5.41) is 34.2. The summed E-state index contributed by atoms with van der Waals surface area (Å²) in [4.78, 5) is 87.4. The summed E-state index contributed by atoms with van der Waals surface area (Å²) in [5.41, 5.74) is 1.56. The Morgan fingerprint density at radius 2 is 1.47 bits per heavy atom. The number of piperidine rings is 1. The molecule has 2 bridgehead atoms. The molecule has 3 N–H and O–H groups in total. The number of hydrogen-bond donors (Lipinski definition) is 3. The number of Topliss-reactive ketones (excluding diaryl/α,β-unsaturated/α-hetero) is 3. The highest BCUT2D eigenvalue weighted by atomic mass is 16.7. The number of nitrogens with zero attached hydrogens (tertiary/aromatic N) is 1. The lowest BCUT2D eigenvalue weighted by atomic mass is 9.78. The summed E-state index contributed by atoms with van der Waals surface area (Å²) in [7, 11) is 3.14. The van der Waals surface area contributed by atoms with Gasteiger partial charge in [-0.15, -0.1) is 0 Å². The summed E-state index contributed by atoms with van der Waals surface area (Å²) in [6, 6.07) is 18.0. The number of aliphatic hydroxyl groups excluding tert-OH is 2. The Morgan fingerprint density at radius 1 is 0.802 bits per heavy atom. The van der Waals surface area contributed by atoms with Crippen molar-refractivity contribution in [3.63, 3.8) is 0 Å². The third kappa shape index (κ3) is 16.2. The third-order valence-electron chi connectivity index (χ3n) is 18.8. The van der Waals surface area contributed by atoms with Gasteiger partial charge in [-0.3, -0.25) is 24.0 Å². The van der Waals surface area contributed by atoms with E-state index in [2.05, 4.69) is 0 Å². The number of ketones is 3. The molecule has 4 fully saturated rings. The van der Waals surface area contributed by atoms with E-state index in [0.717, 1.165) is 16.7 Å². The molecule has 2 aromatic carbocycles. The monoisotopic (exact) mass is 1190 g/mol. The molecule has 5 aliphatic rings. The van der Waals surface area contributed by atoms with Gasteiger partial charge in [0, 0.05) is 62.5 Å². The van der Waals surface area contributed by atoms with Crippen LogP contribution >= 0.6 is 0 Å². The number of rotatable bonds is 10. The molecule has 1 amide bonds. The molecule has 4 heterocycles. The van der Waals surface area contributed by atoms with Crippen LogP contribution in [-0.2, 0) is 67.7 Å². The Balaban J connectivity index is 1.11. The smallest absolute Gasteiger partial charge is 0.329 e. The van der Waals surface area contributed by atoms with Crippen molar-refractivity contribution in [2.45, 2.75) is 187 Å². The highest BCUT2D eigenvalue weighted by Crippen LogP contribution is 2.44. The number of ether oxygens (including phenoxy) is 7. The zero-order valence-electron chi connectivity index (χ0n) is 52.2. The van der Waals surface area contributed by atoms with Crippen LogP contribution in [0.5, 0.6) is 0 Å². The molecule has 1 unspecified atom stereocenters. The molecule has 4 aliphatic heterocycles. The first-order chi connectivity index (χ1) is 41.0. The number of carbonyl (C=O) groups is 6. The molecule has 86 heavy (non-hydrogen) atoms. The minimum atomic E-state index is -2.48. The number of aliphatic hydroxyl groups is 3. The van der Waals surface area contributed by atoms with Gasteiger partial charge in [0.1, 0.15) is 29.4 Å². The SMILES string of the molecule is CO[C@H]1C[C@@H]2CC[C@@H](C)[C@@](O)(O2)C(=O)C(=O)N2CCCC[C@H]2C(=O)O[C@H]([C@H](C)C[C@@H]2CC[C@@H](OC(=O)C3(C)COC(c4ccccc4)(c4ccccc4)OC3)[C@H](OC)C2)CC(=O)/C(C)=C/C(C)[C@@H](O)[C@@H](CO)C(=O)[C@H](C)C[C@H](C)C=CC=CC=C1C. The van der Waals surface area contributed by atoms with Crippen LogP contribution in [0.3, 0.4) is 0 Å². The van der Waals surface area contributed by atoms with E-state index in [4.69, 9.17) is 33.2 Å². The summed E-state index contributed by atoms with van der Waals surface area (Å²) < 4.78 is 43.9. The molecule has 1 aliphatic carbocycles. The van der Waals surface area contributed by atoms with Crippen LogP contribution in [0, 0.1) is 46.8 Å². The average Bonchev–Trinajstić information content (AvgIpc) is 0.886. The van der Waals surface area contributed by atoms with Gasteiger partial charge in [-0.2, -0.15) is 0 Å². The zero-order valence-corrected chi connectivity index (χ0v) is 52.2. The van der Waals surface area contributed by atoms with Crippen LogP contribution in [0.25, 0.3) is 0 Å². The molecule has 0 aromatic heterocycles. The van der Waals surface area contributed by atoms with Crippen molar-refractivity contribution in [1.82, 2.24) is 4.90 Å². The molecular formula is C69H95NO16. The molecule has 15 atom stereocenters. The van der Waals surface area contributed by atoms with Gasteiger partial charge in [0.15, 0.2) is 5.78 Å². The standard InChI is InChI=1S/C69H95NO16/c1-43-22-14-11-15-23-44(2)58(80-9)38-53-31-29-49(7)68(79,86-53)63(75)64(76)70-33-21-20-28-55(70)65(77)84-59(39-56(72)45(3)35-48(6)62(74)54(40-71)61(73)47(5)34-43)46(4)36-50-30-32-57(60(37-50)81-10)85-66(78)67(8)41-82-69(83-42-67,51-24-16-12-17-25-51)52-26-18-13-19-27-52/h11-19,22-27,35,43,46-50,53-55,57-60,62,71,74,79H,20-21,28-34,36-42H2,1-10H3/b15-11?,22-14?,44-23?,45-35+/t43-,46-,47-,48?,49-,50+,53+,54+,55+,57-,58+,59+,60-,62-,68-/m1/s1. The van der Waals surface area contributed by atoms with E-state index in [1.807, 2.05) is 112 Å². The van der Waals surface area contributed by atoms with Gasteiger partial charge in [0.25, 0.3) is 11.7 Å². The van der Waals surface area contributed by atoms with Crippen molar-refractivity contribution < 1.29 is 77.2 Å². The highest BCUT2D eigenvalue weighted by Gasteiger charge is 2.54. The molecule has 17 nitrogen and oxygen atoms in total. The van der Waals surface area contributed by atoms with Gasteiger partial charge < -0.3 is 53.4 Å². The molecule has 472 valence electrons. The van der Waals surface area contributed by atoms with Crippen molar-refractivity contribution in [1.29, 1.82) is 0 Å². The fourth-order valence-corrected chi connectivity index (χ4v) is 13.2. The number of fused-ring (bicyclic) bond motifs is 3. The van der Waals surface area contributed by atoms with E-state index in [1.54, 1.807) is 54.9 Å². The summed E-state index contributed by atoms with van der Waals surface area (Å²) in [6.07, 6.45) is 11.0. The predicted octanol–water partition coefficient (Wildman–Crippen LogP) is 9.28. The first kappa shape index (κ1) is 68.0. The molecule has 0 spiro atoms. The van der Waals surface area contributed by atoms with Crippen LogP contribution in [0.2, 0.25) is 0 Å². The van der Waals surface area contributed by atoms with Crippen LogP contribution in [0.1, 0.15) is 144 Å². The molecule has 0 radical (unpaired) electrons. The van der Waals surface area contributed by atoms with E-state index in [9.17, 15) is 44.1 Å². The maximum Gasteiger partial charge on any atom is 0.329 e. The number of allylic oxidation sites excluding steroid dienone is 6. The lowest BCUT2D eigenvalue weighted by Crippen LogP contribution is -2.61. The maximum absolute atomic E-state index is 14.8. The maximum atomic E-state index is 14.8. The number of amides is 1. The van der Waals surface area contributed by atoms with Crippen molar-refractivity contribution in [2.24, 2.45) is 46.8 Å². The molecule has 1 saturated carbocycles. The quantitative estimate of drug-likeness (QED) is 0.149. The van der Waals surface area contributed by atoms with Crippen molar-refractivity contribution in [2.75, 3.05) is 40.6 Å². The second-order valence-corrected chi connectivity index (χ2v) is 25.6. The Kier molecular flexibility index (Phi) is 24.2. The Labute approximate surface area is 508 Å². The highest BCUT2D eigenvalue weighted by molar-refractivity contribution is 6.39. The fraction of sp³-hybridized carbons (Fsp3) is 0.623. The van der Waals surface area contributed by atoms with E-state index in [0.29, 0.717) is 57.8 Å². The van der Waals surface area contributed by atoms with Gasteiger partial charge in [0.2, 0.25) is 11.6 Å². The second kappa shape index (κ2) is 30.6. The molecule has 3 saturated heterocycles. The van der Waals surface area contributed by atoms with Gasteiger partial charge >= 0.3 is 11.9 Å². The predicted molar refractivity (Wildman–Crippen MR) is 322 cm³/mol. The lowest BCUT2D eigenvalue weighted by molar-refractivity contribution is -0.288. The number of cyclic esters (lactones) is 1. The largest absolute Gasteiger partial charge is 0.460 e. The van der Waals surface area contributed by atoms with Crippen LogP contribution < -0.4 is 0 Å². The summed E-state index contributed by atoms with van der Waals surface area (Å²) >= 11 is 0. The number of hydrogen-bond acceptors (Lipinski definition) is 16. The summed E-state index contributed by atoms with van der Waals surface area (Å²) in [6.45, 7) is 13.8. The first-order valence-electron chi connectivity index (χ1n) is 31.2. The topological polar surface area (TPSA) is 231 Å². The van der Waals surface area contributed by atoms with E-state index >= 15 is 0 Å². The molecule has 2 aromatic rings. The summed E-state index contributed by atoms with van der Waals surface area (Å²) in [5.74, 6) is -11.5. The van der Waals surface area contributed by atoms with E-state index in [1.165, 1.54) is 4.90 Å². The third-order valence-corrected chi connectivity index (χ3v) is 18.8. The lowest BCUT2D eigenvalue weighted by Gasteiger charge is -2.45. The van der Waals surface area contributed by atoms with Crippen LogP contribution in [0.15, 0.2) is 108 Å². The first-order valence-corrected chi connectivity index (χ1v) is 31.2. The minimum Gasteiger partial charge on any atom is -0.460 e. The Morgan fingerprint density at radius 3 is 2.09 bits per heavy atom. The van der Waals surface area contributed by atoms with E-state index < -0.39 is 119 Å². The Hall–Kier alpha value is -5.50. The number of carbonyl (C=O) groups excluding carboxylic acids is 6. The molecule has 7 rings (SSSR count). The van der Waals surface area contributed by atoms with Crippen molar-refractivity contribution >= 4 is 35.2 Å². The van der Waals surface area contributed by atoms with Gasteiger partial charge in [-0.25, -0.2) is 4.79 Å². The normalized spacial score (nSPS) is 34.2. The van der Waals surface area contributed by atoms with E-state index in [-0.39, 0.29) is 68.0 Å². The number of benzene rings is 2. The van der Waals surface area contributed by atoms with Gasteiger partial charge in [-0.1, -0.05) is 132 Å². The van der Waals surface area contributed by atoms with Crippen LogP contribution in [0.4, 0.5) is 0 Å². The zero-order chi connectivity index (χ0) is 62.5. The Bertz CT molecular complexity index is 2710. The van der Waals surface area contributed by atoms with Gasteiger partial charge in [-0.05, 0) is 114 Å². The second-order valence-electron chi connectivity index (χ2n) is 25.6. The van der Waals surface area contributed by atoms with Crippen molar-refractivity contribution in [3.8, 4) is 0 Å². The minimum absolute atomic E-state index is 0.0259. The number of esters is 2. The number of methoxy groups -OCH3 is 2. The average molecular weight is 1190 g/mol. The fourth-order valence-electron chi connectivity index (χ4n) is 13.2. The van der Waals surface area contributed by atoms with Crippen LogP contribution in [-0.4, -0.2) is 144 Å². The molecular weight excluding hydrogens is 1100 g/mol. The van der Waals surface area contributed by atoms with Gasteiger partial charge in [0.05, 0.1) is 50.2 Å². The van der Waals surface area contributed by atoms with Crippen molar-refractivity contribution in [3.05, 3.63) is 119 Å².